The Morgan fingerprint density at radius 3 is 2.61 bits per heavy atom. The summed E-state index contributed by atoms with van der Waals surface area (Å²) in [6.45, 7) is 0. The first kappa shape index (κ1) is 10.7. The van der Waals surface area contributed by atoms with Gasteiger partial charge in [0.1, 0.15) is 5.82 Å². The van der Waals surface area contributed by atoms with E-state index in [1.54, 1.807) is 18.5 Å². The van der Waals surface area contributed by atoms with Crippen LogP contribution in [0.25, 0.3) is 21.9 Å². The van der Waals surface area contributed by atoms with Crippen LogP contribution in [-0.2, 0) is 0 Å². The largest absolute Gasteiger partial charge is 0.396 e. The summed E-state index contributed by atoms with van der Waals surface area (Å²) in [4.78, 5) is 4.18. The highest BCUT2D eigenvalue weighted by atomic mass is 19.1. The van der Waals surface area contributed by atoms with Crippen LogP contribution >= 0.6 is 0 Å². The summed E-state index contributed by atoms with van der Waals surface area (Å²) in [5.74, 6) is -0.402. The number of fused-ring (bicyclic) bond motifs is 1. The molecule has 0 saturated carbocycles. The van der Waals surface area contributed by atoms with E-state index in [0.717, 1.165) is 16.3 Å². The van der Waals surface area contributed by atoms with Gasteiger partial charge in [0, 0.05) is 28.9 Å². The number of nitrogens with zero attached hydrogens (tertiary/aromatic N) is 1. The van der Waals surface area contributed by atoms with Crippen molar-refractivity contribution in [2.75, 3.05) is 5.73 Å². The fourth-order valence-electron chi connectivity index (χ4n) is 2.10. The molecule has 0 bridgehead atoms. The number of benzene rings is 2. The highest BCUT2D eigenvalue weighted by Crippen LogP contribution is 2.32. The lowest BCUT2D eigenvalue weighted by atomic mass is 9.99. The zero-order valence-electron chi connectivity index (χ0n) is 9.60. The van der Waals surface area contributed by atoms with E-state index in [1.165, 1.54) is 6.07 Å². The minimum Gasteiger partial charge on any atom is -0.396 e. The van der Waals surface area contributed by atoms with Gasteiger partial charge in [-0.25, -0.2) is 4.39 Å². The average molecular weight is 238 g/mol. The van der Waals surface area contributed by atoms with Crippen LogP contribution in [0.1, 0.15) is 0 Å². The van der Waals surface area contributed by atoms with Gasteiger partial charge in [0.15, 0.2) is 0 Å². The van der Waals surface area contributed by atoms with Crippen molar-refractivity contribution >= 4 is 16.5 Å². The first-order valence-corrected chi connectivity index (χ1v) is 5.64. The second kappa shape index (κ2) is 4.11. The number of rotatable bonds is 1. The quantitative estimate of drug-likeness (QED) is 0.657. The van der Waals surface area contributed by atoms with E-state index in [9.17, 15) is 4.39 Å². The standard InChI is InChI=1S/C15H11FN2/c16-14-7-3-6-12(15(14)17)13-9-18-8-10-4-1-2-5-11(10)13/h1-9H,17H2. The first-order valence-electron chi connectivity index (χ1n) is 5.64. The van der Waals surface area contributed by atoms with Crippen molar-refractivity contribution in [3.63, 3.8) is 0 Å². The van der Waals surface area contributed by atoms with Gasteiger partial charge in [-0.1, -0.05) is 36.4 Å². The van der Waals surface area contributed by atoms with Gasteiger partial charge < -0.3 is 5.73 Å². The van der Waals surface area contributed by atoms with Crippen molar-refractivity contribution < 1.29 is 4.39 Å². The lowest BCUT2D eigenvalue weighted by molar-refractivity contribution is 0.633. The summed E-state index contributed by atoms with van der Waals surface area (Å²) in [6, 6.07) is 12.7. The number of halogens is 1. The lowest BCUT2D eigenvalue weighted by Gasteiger charge is -2.09. The maximum absolute atomic E-state index is 13.5. The molecule has 0 radical (unpaired) electrons. The van der Waals surface area contributed by atoms with Crippen LogP contribution in [0.5, 0.6) is 0 Å². The monoisotopic (exact) mass is 238 g/mol. The summed E-state index contributed by atoms with van der Waals surface area (Å²) in [5, 5.41) is 2.03. The molecule has 2 N–H and O–H groups in total. The number of hydrogen-bond acceptors (Lipinski definition) is 2. The summed E-state index contributed by atoms with van der Waals surface area (Å²) < 4.78 is 13.5. The molecule has 3 aromatic rings. The predicted octanol–water partition coefficient (Wildman–Crippen LogP) is 3.62. The lowest BCUT2D eigenvalue weighted by Crippen LogP contribution is -1.95. The van der Waals surface area contributed by atoms with E-state index in [0.29, 0.717) is 5.56 Å². The fourth-order valence-corrected chi connectivity index (χ4v) is 2.10. The highest BCUT2D eigenvalue weighted by molar-refractivity contribution is 5.98. The van der Waals surface area contributed by atoms with Crippen LogP contribution in [0.3, 0.4) is 0 Å². The third kappa shape index (κ3) is 1.61. The number of nitrogens with two attached hydrogens (primary N) is 1. The van der Waals surface area contributed by atoms with Crippen LogP contribution in [0.2, 0.25) is 0 Å². The Kier molecular flexibility index (Phi) is 2.45. The van der Waals surface area contributed by atoms with Crippen LogP contribution < -0.4 is 5.73 Å². The summed E-state index contributed by atoms with van der Waals surface area (Å²) in [5.41, 5.74) is 7.50. The number of para-hydroxylation sites is 1. The molecule has 0 unspecified atom stereocenters. The molecule has 2 aromatic carbocycles. The number of nitrogen functional groups attached to an aromatic ring is 1. The molecule has 2 nitrogen and oxygen atoms in total. The normalized spacial score (nSPS) is 10.7. The molecular formula is C15H11FN2. The van der Waals surface area contributed by atoms with Gasteiger partial charge in [0.05, 0.1) is 5.69 Å². The van der Waals surface area contributed by atoms with E-state index in [1.807, 2.05) is 30.3 Å². The molecule has 0 aliphatic rings. The van der Waals surface area contributed by atoms with Gasteiger partial charge in [-0.2, -0.15) is 0 Å². The molecule has 0 fully saturated rings. The molecule has 0 aliphatic carbocycles. The Balaban J connectivity index is 2.35. The molecule has 0 aliphatic heterocycles. The maximum Gasteiger partial charge on any atom is 0.146 e. The smallest absolute Gasteiger partial charge is 0.146 e. The van der Waals surface area contributed by atoms with Crippen molar-refractivity contribution in [1.29, 1.82) is 0 Å². The molecule has 1 heterocycles. The second-order valence-corrected chi connectivity index (χ2v) is 4.11. The molecule has 0 spiro atoms. The Labute approximate surface area is 104 Å². The van der Waals surface area contributed by atoms with Crippen molar-refractivity contribution in [3.8, 4) is 11.1 Å². The molecule has 88 valence electrons. The molecule has 18 heavy (non-hydrogen) atoms. The van der Waals surface area contributed by atoms with Crippen LogP contribution in [0.15, 0.2) is 54.9 Å². The second-order valence-electron chi connectivity index (χ2n) is 4.11. The highest BCUT2D eigenvalue weighted by Gasteiger charge is 2.09. The first-order chi connectivity index (χ1) is 8.77. The van der Waals surface area contributed by atoms with Crippen molar-refractivity contribution in [2.45, 2.75) is 0 Å². The molecule has 0 atom stereocenters. The number of pyridine rings is 1. The van der Waals surface area contributed by atoms with E-state index in [2.05, 4.69) is 4.98 Å². The molecule has 3 rings (SSSR count). The summed E-state index contributed by atoms with van der Waals surface area (Å²) in [7, 11) is 0. The third-order valence-electron chi connectivity index (χ3n) is 3.01. The Hall–Kier alpha value is -2.42. The van der Waals surface area contributed by atoms with Crippen LogP contribution in [0.4, 0.5) is 10.1 Å². The van der Waals surface area contributed by atoms with E-state index >= 15 is 0 Å². The van der Waals surface area contributed by atoms with E-state index < -0.39 is 5.82 Å². The van der Waals surface area contributed by atoms with E-state index in [-0.39, 0.29) is 5.69 Å². The Morgan fingerprint density at radius 1 is 0.889 bits per heavy atom. The zero-order valence-corrected chi connectivity index (χ0v) is 9.60. The van der Waals surface area contributed by atoms with Gasteiger partial charge in [-0.3, -0.25) is 4.98 Å². The fraction of sp³-hybridized carbons (Fsp3) is 0. The zero-order chi connectivity index (χ0) is 12.5. The van der Waals surface area contributed by atoms with Crippen molar-refractivity contribution in [1.82, 2.24) is 4.98 Å². The number of hydrogen-bond donors (Lipinski definition) is 1. The number of anilines is 1. The average Bonchev–Trinajstić information content (AvgIpc) is 2.41. The van der Waals surface area contributed by atoms with Gasteiger partial charge in [-0.05, 0) is 11.5 Å². The minimum absolute atomic E-state index is 0.163. The summed E-state index contributed by atoms with van der Waals surface area (Å²) in [6.07, 6.45) is 3.50. The van der Waals surface area contributed by atoms with Gasteiger partial charge in [0.25, 0.3) is 0 Å². The Bertz CT molecular complexity index is 717. The molecule has 1 aromatic heterocycles. The van der Waals surface area contributed by atoms with Crippen molar-refractivity contribution in [3.05, 3.63) is 60.7 Å². The van der Waals surface area contributed by atoms with Gasteiger partial charge in [-0.15, -0.1) is 0 Å². The van der Waals surface area contributed by atoms with Crippen LogP contribution in [0, 0.1) is 5.82 Å². The van der Waals surface area contributed by atoms with Gasteiger partial charge in [0.2, 0.25) is 0 Å². The maximum atomic E-state index is 13.5. The predicted molar refractivity (Wildman–Crippen MR) is 71.5 cm³/mol. The third-order valence-corrected chi connectivity index (χ3v) is 3.01. The number of aromatic nitrogens is 1. The minimum atomic E-state index is -0.402. The van der Waals surface area contributed by atoms with E-state index in [4.69, 9.17) is 5.73 Å². The van der Waals surface area contributed by atoms with Gasteiger partial charge >= 0.3 is 0 Å². The van der Waals surface area contributed by atoms with Crippen LogP contribution in [-0.4, -0.2) is 4.98 Å². The molecule has 0 amide bonds. The SMILES string of the molecule is Nc1c(F)cccc1-c1cncc2ccccc12. The Morgan fingerprint density at radius 2 is 1.72 bits per heavy atom. The molecule has 3 heteroatoms. The molecular weight excluding hydrogens is 227 g/mol. The molecule has 0 saturated heterocycles. The topological polar surface area (TPSA) is 38.9 Å². The van der Waals surface area contributed by atoms with Crippen molar-refractivity contribution in [2.24, 2.45) is 0 Å². The summed E-state index contributed by atoms with van der Waals surface area (Å²) >= 11 is 0.